The number of rotatable bonds is 6. The maximum atomic E-state index is 10.1. The molecule has 2 N–H and O–H groups in total. The molecule has 0 atom stereocenters. The van der Waals surface area contributed by atoms with Gasteiger partial charge in [0.2, 0.25) is 0 Å². The Bertz CT molecular complexity index is 370. The van der Waals surface area contributed by atoms with E-state index < -0.39 is 0 Å². The summed E-state index contributed by atoms with van der Waals surface area (Å²) < 4.78 is 0. The van der Waals surface area contributed by atoms with Gasteiger partial charge in [-0.1, -0.05) is 33.1 Å². The van der Waals surface area contributed by atoms with Crippen molar-refractivity contribution in [2.45, 2.75) is 59.3 Å². The van der Waals surface area contributed by atoms with Crippen LogP contribution in [0.3, 0.4) is 0 Å². The number of hydrogen-bond donors (Lipinski definition) is 2. The Morgan fingerprint density at radius 3 is 2.29 bits per heavy atom. The van der Waals surface area contributed by atoms with Crippen LogP contribution in [0.1, 0.15) is 56.2 Å². The normalized spacial score (nSPS) is 10.8. The molecule has 0 amide bonds. The minimum Gasteiger partial charge on any atom is -0.508 e. The number of hydrogen-bond acceptors (Lipinski definition) is 2. The second-order valence-corrected chi connectivity index (χ2v) is 4.68. The fraction of sp³-hybridized carbons (Fsp3) is 0.600. The van der Waals surface area contributed by atoms with Crippen LogP contribution in [0.4, 0.5) is 0 Å². The van der Waals surface area contributed by atoms with E-state index >= 15 is 0 Å². The second-order valence-electron chi connectivity index (χ2n) is 4.68. The maximum absolute atomic E-state index is 10.1. The molecule has 0 aliphatic rings. The van der Waals surface area contributed by atoms with Crippen LogP contribution in [-0.2, 0) is 12.8 Å². The predicted molar refractivity (Wildman–Crippen MR) is 71.7 cm³/mol. The van der Waals surface area contributed by atoms with Crippen molar-refractivity contribution in [1.82, 2.24) is 0 Å². The molecular weight excluding hydrogens is 212 g/mol. The average molecular weight is 236 g/mol. The lowest BCUT2D eigenvalue weighted by Crippen LogP contribution is -1.95. The first-order valence-corrected chi connectivity index (χ1v) is 6.65. The van der Waals surface area contributed by atoms with Gasteiger partial charge in [0.15, 0.2) is 0 Å². The van der Waals surface area contributed by atoms with Gasteiger partial charge < -0.3 is 10.2 Å². The first kappa shape index (κ1) is 13.9. The zero-order chi connectivity index (χ0) is 12.8. The third-order valence-electron chi connectivity index (χ3n) is 3.34. The number of aryl methyl sites for hydroxylation is 1. The van der Waals surface area contributed by atoms with Gasteiger partial charge >= 0.3 is 0 Å². The van der Waals surface area contributed by atoms with Crippen molar-refractivity contribution >= 4 is 0 Å². The lowest BCUT2D eigenvalue weighted by atomic mass is 9.96. The molecule has 0 aromatic heterocycles. The van der Waals surface area contributed by atoms with Crippen molar-refractivity contribution in [2.24, 2.45) is 0 Å². The van der Waals surface area contributed by atoms with Crippen LogP contribution >= 0.6 is 0 Å². The Morgan fingerprint density at radius 2 is 1.71 bits per heavy atom. The van der Waals surface area contributed by atoms with Gasteiger partial charge in [-0.05, 0) is 43.4 Å². The zero-order valence-electron chi connectivity index (χ0n) is 11.2. The van der Waals surface area contributed by atoms with Crippen LogP contribution < -0.4 is 0 Å². The molecule has 2 nitrogen and oxygen atoms in total. The Kier molecular flexibility index (Phi) is 5.33. The molecule has 0 unspecified atom stereocenters. The van der Waals surface area contributed by atoms with E-state index in [0.717, 1.165) is 42.4 Å². The van der Waals surface area contributed by atoms with Gasteiger partial charge in [-0.25, -0.2) is 0 Å². The highest BCUT2D eigenvalue weighted by atomic mass is 16.3. The van der Waals surface area contributed by atoms with E-state index in [1.165, 1.54) is 12.8 Å². The minimum atomic E-state index is 0.244. The zero-order valence-corrected chi connectivity index (χ0v) is 11.2. The molecule has 0 saturated heterocycles. The molecular formula is C15H24O2. The smallest absolute Gasteiger partial charge is 0.125 e. The molecule has 0 aliphatic heterocycles. The lowest BCUT2D eigenvalue weighted by Gasteiger charge is -2.13. The average Bonchev–Trinajstić information content (AvgIpc) is 2.28. The van der Waals surface area contributed by atoms with Crippen molar-refractivity contribution in [3.8, 4) is 11.5 Å². The first-order chi connectivity index (χ1) is 8.11. The Morgan fingerprint density at radius 1 is 1.00 bits per heavy atom. The van der Waals surface area contributed by atoms with Crippen LogP contribution in [0.2, 0.25) is 0 Å². The summed E-state index contributed by atoms with van der Waals surface area (Å²) in [6.45, 7) is 6.13. The molecule has 2 heteroatoms. The Labute approximate surface area is 104 Å². The third kappa shape index (κ3) is 3.39. The van der Waals surface area contributed by atoms with Gasteiger partial charge in [-0.2, -0.15) is 0 Å². The Balaban J connectivity index is 2.83. The summed E-state index contributed by atoms with van der Waals surface area (Å²) in [7, 11) is 0. The largest absolute Gasteiger partial charge is 0.508 e. The summed E-state index contributed by atoms with van der Waals surface area (Å²) in [5.74, 6) is 0.551. The molecule has 1 aromatic carbocycles. The molecule has 0 radical (unpaired) electrons. The van der Waals surface area contributed by atoms with Gasteiger partial charge in [0, 0.05) is 5.56 Å². The molecule has 0 heterocycles. The van der Waals surface area contributed by atoms with E-state index in [2.05, 4.69) is 6.92 Å². The monoisotopic (exact) mass is 236 g/mol. The van der Waals surface area contributed by atoms with Crippen molar-refractivity contribution in [3.05, 3.63) is 22.8 Å². The maximum Gasteiger partial charge on any atom is 0.125 e. The minimum absolute atomic E-state index is 0.244. The first-order valence-electron chi connectivity index (χ1n) is 6.65. The van der Waals surface area contributed by atoms with Crippen molar-refractivity contribution in [2.75, 3.05) is 0 Å². The van der Waals surface area contributed by atoms with Gasteiger partial charge in [0.25, 0.3) is 0 Å². The highest BCUT2D eigenvalue weighted by molar-refractivity contribution is 5.52. The van der Waals surface area contributed by atoms with E-state index in [1.807, 2.05) is 13.8 Å². The summed E-state index contributed by atoms with van der Waals surface area (Å²) in [5.41, 5.74) is 2.66. The molecule has 0 bridgehead atoms. The fourth-order valence-corrected chi connectivity index (χ4v) is 2.29. The number of aromatic hydroxyl groups is 2. The Hall–Kier alpha value is -1.18. The van der Waals surface area contributed by atoms with E-state index in [0.29, 0.717) is 5.75 Å². The molecule has 0 fully saturated rings. The number of benzene rings is 1. The van der Waals surface area contributed by atoms with Crippen LogP contribution in [0.25, 0.3) is 0 Å². The lowest BCUT2D eigenvalue weighted by molar-refractivity contribution is 0.431. The molecule has 1 rings (SSSR count). The molecule has 17 heavy (non-hydrogen) atoms. The quantitative estimate of drug-likeness (QED) is 0.730. The molecule has 0 saturated carbocycles. The third-order valence-corrected chi connectivity index (χ3v) is 3.34. The van der Waals surface area contributed by atoms with Gasteiger partial charge in [-0.3, -0.25) is 0 Å². The van der Waals surface area contributed by atoms with E-state index in [9.17, 15) is 10.2 Å². The van der Waals surface area contributed by atoms with Crippen molar-refractivity contribution < 1.29 is 10.2 Å². The van der Waals surface area contributed by atoms with Gasteiger partial charge in [0.05, 0.1) is 0 Å². The molecule has 96 valence electrons. The molecule has 0 spiro atoms. The van der Waals surface area contributed by atoms with Crippen molar-refractivity contribution in [3.63, 3.8) is 0 Å². The SMILES string of the molecule is CCCCCCc1c(O)cc(C)c(CC)c1O. The number of unbranched alkanes of at least 4 members (excludes halogenated alkanes) is 3. The number of phenolic OH excluding ortho intramolecular Hbond substituents is 2. The predicted octanol–water partition coefficient (Wildman–Crippen LogP) is 4.09. The van der Waals surface area contributed by atoms with Crippen LogP contribution in [0.5, 0.6) is 11.5 Å². The van der Waals surface area contributed by atoms with Crippen LogP contribution in [0.15, 0.2) is 6.07 Å². The highest BCUT2D eigenvalue weighted by Crippen LogP contribution is 2.34. The molecule has 1 aromatic rings. The summed E-state index contributed by atoms with van der Waals surface area (Å²) in [6.07, 6.45) is 6.18. The fourth-order valence-electron chi connectivity index (χ4n) is 2.29. The number of phenols is 2. The topological polar surface area (TPSA) is 40.5 Å². The molecule has 0 aliphatic carbocycles. The summed E-state index contributed by atoms with van der Waals surface area (Å²) in [5, 5.41) is 20.0. The van der Waals surface area contributed by atoms with E-state index in [1.54, 1.807) is 6.07 Å². The van der Waals surface area contributed by atoms with Gasteiger partial charge in [-0.15, -0.1) is 0 Å². The van der Waals surface area contributed by atoms with Gasteiger partial charge in [0.1, 0.15) is 11.5 Å². The van der Waals surface area contributed by atoms with E-state index in [-0.39, 0.29) is 5.75 Å². The summed E-state index contributed by atoms with van der Waals surface area (Å²) in [4.78, 5) is 0. The van der Waals surface area contributed by atoms with Crippen molar-refractivity contribution in [1.29, 1.82) is 0 Å². The highest BCUT2D eigenvalue weighted by Gasteiger charge is 2.13. The summed E-state index contributed by atoms with van der Waals surface area (Å²) in [6, 6.07) is 1.77. The summed E-state index contributed by atoms with van der Waals surface area (Å²) >= 11 is 0. The second kappa shape index (κ2) is 6.53. The van der Waals surface area contributed by atoms with Crippen LogP contribution in [0, 0.1) is 6.92 Å². The van der Waals surface area contributed by atoms with E-state index in [4.69, 9.17) is 0 Å². The standard InChI is InChI=1S/C15H24O2/c1-4-6-7-8-9-13-14(16)10-11(3)12(5-2)15(13)17/h10,16-17H,4-9H2,1-3H3. The van der Waals surface area contributed by atoms with Crippen LogP contribution in [-0.4, -0.2) is 10.2 Å².